The average Bonchev–Trinajstić information content (AvgIpc) is 3.06. The van der Waals surface area contributed by atoms with Gasteiger partial charge in [-0.1, -0.05) is 12.1 Å². The van der Waals surface area contributed by atoms with Crippen molar-refractivity contribution in [3.05, 3.63) is 28.7 Å². The number of nitrogens with zero attached hydrogens (tertiary/aromatic N) is 1. The van der Waals surface area contributed by atoms with Crippen LogP contribution >= 0.6 is 24.2 Å². The number of nitrogens with one attached hydrogen (secondary N) is 1. The molecule has 3 rings (SSSR count). The summed E-state index contributed by atoms with van der Waals surface area (Å²) in [5.74, 6) is 0.413. The van der Waals surface area contributed by atoms with Gasteiger partial charge in [0.05, 0.1) is 17.2 Å². The van der Waals surface area contributed by atoms with Crippen molar-refractivity contribution in [3.63, 3.8) is 0 Å². The summed E-state index contributed by atoms with van der Waals surface area (Å²) in [5.41, 5.74) is 7.82. The molecular formula is C16H20ClN3O3S. The van der Waals surface area contributed by atoms with Gasteiger partial charge in [0.15, 0.2) is 0 Å². The SMILES string of the molecule is CCOc1cccc(/C=C2\SC(=O)NC2=O)c1N1CC[C@H](N)C1.Cl. The predicted molar refractivity (Wildman–Crippen MR) is 98.8 cm³/mol. The number of benzene rings is 1. The van der Waals surface area contributed by atoms with Crippen LogP contribution in [0.25, 0.3) is 6.08 Å². The largest absolute Gasteiger partial charge is 0.492 e. The van der Waals surface area contributed by atoms with E-state index in [1.807, 2.05) is 25.1 Å². The molecule has 24 heavy (non-hydrogen) atoms. The van der Waals surface area contributed by atoms with E-state index in [1.165, 1.54) is 0 Å². The van der Waals surface area contributed by atoms with Gasteiger partial charge < -0.3 is 15.4 Å². The number of halogens is 1. The second-order valence-corrected chi connectivity index (χ2v) is 6.49. The molecule has 130 valence electrons. The number of nitrogens with two attached hydrogens (primary N) is 1. The fraction of sp³-hybridized carbons (Fsp3) is 0.375. The molecule has 8 heteroatoms. The molecule has 0 saturated carbocycles. The molecule has 6 nitrogen and oxygen atoms in total. The minimum atomic E-state index is -0.356. The molecule has 1 aromatic carbocycles. The van der Waals surface area contributed by atoms with Crippen LogP contribution in [0.15, 0.2) is 23.1 Å². The van der Waals surface area contributed by atoms with Crippen LogP contribution in [0.5, 0.6) is 5.75 Å². The smallest absolute Gasteiger partial charge is 0.290 e. The van der Waals surface area contributed by atoms with E-state index < -0.39 is 0 Å². The number of imide groups is 1. The van der Waals surface area contributed by atoms with E-state index in [0.29, 0.717) is 11.5 Å². The van der Waals surface area contributed by atoms with Crippen molar-refractivity contribution >= 4 is 47.1 Å². The first-order valence-electron chi connectivity index (χ1n) is 7.59. The molecule has 1 atom stereocenters. The number of anilines is 1. The van der Waals surface area contributed by atoms with Crippen LogP contribution in [0, 0.1) is 0 Å². The lowest BCUT2D eigenvalue weighted by Crippen LogP contribution is -2.27. The van der Waals surface area contributed by atoms with Gasteiger partial charge in [0, 0.05) is 24.7 Å². The summed E-state index contributed by atoms with van der Waals surface area (Å²) in [5, 5.41) is 1.93. The summed E-state index contributed by atoms with van der Waals surface area (Å²) in [6.45, 7) is 4.09. The van der Waals surface area contributed by atoms with Crippen molar-refractivity contribution in [1.82, 2.24) is 5.32 Å². The lowest BCUT2D eigenvalue weighted by Gasteiger charge is -2.24. The minimum absolute atomic E-state index is 0. The van der Waals surface area contributed by atoms with Crippen LogP contribution in [0.4, 0.5) is 10.5 Å². The summed E-state index contributed by atoms with van der Waals surface area (Å²) in [7, 11) is 0. The fourth-order valence-electron chi connectivity index (χ4n) is 2.82. The topological polar surface area (TPSA) is 84.7 Å². The Labute approximate surface area is 151 Å². The molecule has 0 bridgehead atoms. The van der Waals surface area contributed by atoms with Crippen molar-refractivity contribution < 1.29 is 14.3 Å². The first kappa shape index (κ1) is 18.6. The Balaban J connectivity index is 0.00000208. The van der Waals surface area contributed by atoms with Gasteiger partial charge in [-0.25, -0.2) is 0 Å². The van der Waals surface area contributed by atoms with Crippen molar-refractivity contribution in [3.8, 4) is 5.75 Å². The summed E-state index contributed by atoms with van der Waals surface area (Å²) in [4.78, 5) is 25.7. The van der Waals surface area contributed by atoms with E-state index in [1.54, 1.807) is 6.08 Å². The first-order valence-corrected chi connectivity index (χ1v) is 8.41. The third kappa shape index (κ3) is 3.85. The molecule has 0 unspecified atom stereocenters. The summed E-state index contributed by atoms with van der Waals surface area (Å²) in [6.07, 6.45) is 2.66. The number of amides is 2. The van der Waals surface area contributed by atoms with Crippen molar-refractivity contribution in [2.24, 2.45) is 5.73 Å². The van der Waals surface area contributed by atoms with E-state index in [2.05, 4.69) is 10.2 Å². The highest BCUT2D eigenvalue weighted by atomic mass is 35.5. The lowest BCUT2D eigenvalue weighted by atomic mass is 10.1. The third-order valence-corrected chi connectivity index (χ3v) is 4.61. The second kappa shape index (κ2) is 7.92. The van der Waals surface area contributed by atoms with Crippen LogP contribution in [-0.4, -0.2) is 36.9 Å². The summed E-state index contributed by atoms with van der Waals surface area (Å²) < 4.78 is 5.75. The quantitative estimate of drug-likeness (QED) is 0.792. The van der Waals surface area contributed by atoms with E-state index >= 15 is 0 Å². The Kier molecular flexibility index (Phi) is 6.15. The zero-order valence-electron chi connectivity index (χ0n) is 13.3. The first-order chi connectivity index (χ1) is 11.1. The maximum Gasteiger partial charge on any atom is 0.290 e. The molecule has 0 aliphatic carbocycles. The van der Waals surface area contributed by atoms with Crippen LogP contribution in [-0.2, 0) is 4.79 Å². The fourth-order valence-corrected chi connectivity index (χ4v) is 3.49. The number of hydrogen-bond acceptors (Lipinski definition) is 6. The van der Waals surface area contributed by atoms with Gasteiger partial charge in [-0.2, -0.15) is 0 Å². The van der Waals surface area contributed by atoms with Crippen molar-refractivity contribution in [2.75, 3.05) is 24.6 Å². The molecule has 2 saturated heterocycles. The van der Waals surface area contributed by atoms with Crippen molar-refractivity contribution in [1.29, 1.82) is 0 Å². The molecule has 2 aliphatic heterocycles. The van der Waals surface area contributed by atoms with Gasteiger partial charge in [0.25, 0.3) is 11.1 Å². The van der Waals surface area contributed by atoms with Crippen molar-refractivity contribution in [2.45, 2.75) is 19.4 Å². The number of rotatable bonds is 4. The highest BCUT2D eigenvalue weighted by Crippen LogP contribution is 2.37. The Hall–Kier alpha value is -1.70. The molecule has 2 heterocycles. The normalized spacial score (nSPS) is 21.8. The number of para-hydroxylation sites is 1. The maximum absolute atomic E-state index is 11.8. The van der Waals surface area contributed by atoms with E-state index in [4.69, 9.17) is 10.5 Å². The Morgan fingerprint density at radius 2 is 2.25 bits per heavy atom. The van der Waals surface area contributed by atoms with Gasteiger partial charge in [0.2, 0.25) is 0 Å². The molecule has 2 amide bonds. The van der Waals surface area contributed by atoms with E-state index in [9.17, 15) is 9.59 Å². The molecular weight excluding hydrogens is 350 g/mol. The molecule has 3 N–H and O–H groups in total. The van der Waals surface area contributed by atoms with Gasteiger partial charge in [-0.05, 0) is 37.2 Å². The number of thioether (sulfide) groups is 1. The molecule has 0 radical (unpaired) electrons. The summed E-state index contributed by atoms with van der Waals surface area (Å²) >= 11 is 0.917. The van der Waals surface area contributed by atoms with Gasteiger partial charge >= 0.3 is 0 Å². The third-order valence-electron chi connectivity index (χ3n) is 3.80. The summed E-state index contributed by atoms with van der Waals surface area (Å²) in [6, 6.07) is 5.86. The molecule has 2 fully saturated rings. The number of carbonyl (C=O) groups excluding carboxylic acids is 2. The Morgan fingerprint density at radius 1 is 1.46 bits per heavy atom. The number of hydrogen-bond donors (Lipinski definition) is 2. The monoisotopic (exact) mass is 369 g/mol. The Bertz CT molecular complexity index is 681. The molecule has 0 spiro atoms. The van der Waals surface area contributed by atoms with Crippen LogP contribution in [0.2, 0.25) is 0 Å². The van der Waals surface area contributed by atoms with Crippen LogP contribution in [0.3, 0.4) is 0 Å². The highest BCUT2D eigenvalue weighted by molar-refractivity contribution is 8.18. The van der Waals surface area contributed by atoms with Gasteiger partial charge in [0.1, 0.15) is 5.75 Å². The zero-order valence-corrected chi connectivity index (χ0v) is 14.9. The Morgan fingerprint density at radius 3 is 2.83 bits per heavy atom. The average molecular weight is 370 g/mol. The van der Waals surface area contributed by atoms with Crippen LogP contribution < -0.4 is 20.7 Å². The standard InChI is InChI=1S/C16H19N3O3S.ClH/c1-2-22-12-5-3-4-10(8-13-15(20)18-16(21)23-13)14(12)19-7-6-11(17)9-19;/h3-5,8,11H,2,6-7,9,17H2,1H3,(H,18,20,21);1H/b13-8-;/t11-;/m0./s1. The van der Waals surface area contributed by atoms with E-state index in [-0.39, 0.29) is 29.6 Å². The molecule has 0 aromatic heterocycles. The second-order valence-electron chi connectivity index (χ2n) is 5.47. The number of ether oxygens (including phenoxy) is 1. The van der Waals surface area contributed by atoms with E-state index in [0.717, 1.165) is 48.3 Å². The maximum atomic E-state index is 11.8. The highest BCUT2D eigenvalue weighted by Gasteiger charge is 2.28. The number of carbonyl (C=O) groups is 2. The molecule has 2 aliphatic rings. The van der Waals surface area contributed by atoms with Gasteiger partial charge in [-0.15, -0.1) is 12.4 Å². The van der Waals surface area contributed by atoms with Crippen LogP contribution in [0.1, 0.15) is 18.9 Å². The minimum Gasteiger partial charge on any atom is -0.492 e. The molecule has 1 aromatic rings. The zero-order chi connectivity index (χ0) is 16.4. The van der Waals surface area contributed by atoms with Gasteiger partial charge in [-0.3, -0.25) is 14.9 Å². The predicted octanol–water partition coefficient (Wildman–Crippen LogP) is 2.37. The lowest BCUT2D eigenvalue weighted by molar-refractivity contribution is -0.115.